The van der Waals surface area contributed by atoms with Crippen LogP contribution in [-0.4, -0.2) is 53.1 Å². The first kappa shape index (κ1) is 38.9. The Morgan fingerprint density at radius 1 is 0.473 bits per heavy atom. The molecule has 0 heterocycles. The van der Waals surface area contributed by atoms with E-state index in [1.54, 1.807) is 28.4 Å². The lowest BCUT2D eigenvalue weighted by Gasteiger charge is -2.40. The van der Waals surface area contributed by atoms with Crippen molar-refractivity contribution in [2.24, 2.45) is 5.41 Å². The largest absolute Gasteiger partial charge is 0.497 e. The average Bonchev–Trinajstić information content (AvgIpc) is 3.22. The van der Waals surface area contributed by atoms with Crippen molar-refractivity contribution in [1.29, 1.82) is 0 Å². The first-order valence-electron chi connectivity index (χ1n) is 18.3. The van der Waals surface area contributed by atoms with E-state index < -0.39 is 11.4 Å². The molecule has 4 N–H and O–H groups in total. The van der Waals surface area contributed by atoms with Crippen molar-refractivity contribution in [3.63, 3.8) is 0 Å². The van der Waals surface area contributed by atoms with Crippen LogP contribution in [-0.2, 0) is 9.47 Å². The number of hydrogen-bond acceptors (Lipinski definition) is 10. The summed E-state index contributed by atoms with van der Waals surface area (Å²) in [5.74, 6) is 3.20. The van der Waals surface area contributed by atoms with E-state index in [9.17, 15) is 0 Å². The first-order valence-corrected chi connectivity index (χ1v) is 18.3. The zero-order chi connectivity index (χ0) is 38.7. The summed E-state index contributed by atoms with van der Waals surface area (Å²) >= 11 is 0. The Morgan fingerprint density at radius 2 is 0.782 bits per heavy atom. The van der Waals surface area contributed by atoms with Gasteiger partial charge in [-0.3, -0.25) is 0 Å². The summed E-state index contributed by atoms with van der Waals surface area (Å²) in [6.45, 7) is 5.15. The number of rotatable bonds is 18. The molecule has 288 valence electrons. The molecule has 2 aliphatic rings. The van der Waals surface area contributed by atoms with Crippen molar-refractivity contribution in [2.75, 3.05) is 62.9 Å². The molecule has 0 amide bonds. The van der Waals surface area contributed by atoms with Gasteiger partial charge in [-0.15, -0.1) is 0 Å². The molecule has 2 aliphatic carbocycles. The van der Waals surface area contributed by atoms with Crippen molar-refractivity contribution in [3.05, 3.63) is 145 Å². The molecule has 0 saturated carbocycles. The predicted molar refractivity (Wildman–Crippen MR) is 221 cm³/mol. The fourth-order valence-corrected chi connectivity index (χ4v) is 6.11. The minimum atomic E-state index is -0.800. The van der Waals surface area contributed by atoms with Crippen LogP contribution in [0, 0.1) is 5.41 Å². The third-order valence-electron chi connectivity index (χ3n) is 9.40. The monoisotopic (exact) mass is 744 g/mol. The van der Waals surface area contributed by atoms with Crippen LogP contribution >= 0.6 is 0 Å². The molecule has 10 heteroatoms. The molecule has 4 aromatic rings. The minimum Gasteiger partial charge on any atom is -0.497 e. The molecule has 0 aliphatic heterocycles. The van der Waals surface area contributed by atoms with Gasteiger partial charge in [0, 0.05) is 52.4 Å². The second-order valence-corrected chi connectivity index (χ2v) is 14.3. The summed E-state index contributed by atoms with van der Waals surface area (Å²) in [5, 5.41) is 14.3. The van der Waals surface area contributed by atoms with Crippen LogP contribution in [0.3, 0.4) is 0 Å². The van der Waals surface area contributed by atoms with Gasteiger partial charge >= 0.3 is 0 Å². The lowest BCUT2D eigenvalue weighted by molar-refractivity contribution is -0.0831. The first-order chi connectivity index (χ1) is 26.6. The van der Waals surface area contributed by atoms with Gasteiger partial charge in [0.1, 0.15) is 23.0 Å². The second kappa shape index (κ2) is 17.5. The molecule has 4 aromatic carbocycles. The van der Waals surface area contributed by atoms with E-state index >= 15 is 0 Å². The van der Waals surface area contributed by atoms with Gasteiger partial charge in [-0.05, 0) is 121 Å². The quantitative estimate of drug-likeness (QED) is 0.0737. The van der Waals surface area contributed by atoms with E-state index in [1.165, 1.54) is 0 Å². The topological polar surface area (TPSA) is 104 Å². The summed E-state index contributed by atoms with van der Waals surface area (Å²) in [5.41, 5.74) is 3.76. The number of ether oxygens (including phenoxy) is 6. The van der Waals surface area contributed by atoms with Crippen LogP contribution in [0.4, 0.5) is 22.7 Å². The zero-order valence-corrected chi connectivity index (χ0v) is 32.5. The summed E-state index contributed by atoms with van der Waals surface area (Å²) in [4.78, 5) is 0. The van der Waals surface area contributed by atoms with Gasteiger partial charge in [-0.2, -0.15) is 0 Å². The molecule has 0 aromatic heterocycles. The van der Waals surface area contributed by atoms with Crippen molar-refractivity contribution in [1.82, 2.24) is 0 Å². The highest BCUT2D eigenvalue weighted by atomic mass is 16.5. The van der Waals surface area contributed by atoms with Crippen LogP contribution in [0.1, 0.15) is 26.7 Å². The molecule has 0 radical (unpaired) electrons. The van der Waals surface area contributed by atoms with Crippen LogP contribution in [0.2, 0.25) is 0 Å². The molecule has 10 nitrogen and oxygen atoms in total. The van der Waals surface area contributed by atoms with Crippen molar-refractivity contribution >= 4 is 22.7 Å². The summed E-state index contributed by atoms with van der Waals surface area (Å²) in [7, 11) is 6.66. The van der Waals surface area contributed by atoms with Crippen molar-refractivity contribution in [2.45, 2.75) is 38.1 Å². The van der Waals surface area contributed by atoms with Crippen LogP contribution < -0.4 is 40.2 Å². The minimum absolute atomic E-state index is 0.373. The zero-order valence-electron chi connectivity index (χ0n) is 32.5. The lowest BCUT2D eigenvalue weighted by Crippen LogP contribution is -2.46. The van der Waals surface area contributed by atoms with Crippen molar-refractivity contribution in [3.8, 4) is 23.0 Å². The Hall–Kier alpha value is -5.84. The van der Waals surface area contributed by atoms with E-state index in [4.69, 9.17) is 28.4 Å². The third kappa shape index (κ3) is 10.6. The Balaban J connectivity index is 1.15. The highest BCUT2D eigenvalue weighted by Gasteiger charge is 2.36. The van der Waals surface area contributed by atoms with Crippen LogP contribution in [0.5, 0.6) is 23.0 Å². The average molecular weight is 745 g/mol. The number of anilines is 4. The van der Waals surface area contributed by atoms with Gasteiger partial charge in [0.2, 0.25) is 0 Å². The maximum Gasteiger partial charge on any atom is 0.161 e. The standard InChI is InChI=1S/C45H52N4O6/c1-43(2,31-54-44(48-37-11-19-41(52-5)20-12-37)27-23-35(24-28-44)46-33-7-15-39(50-3)16-8-33)32-55-45(49-38-13-21-42(53-6)22-14-38)29-25-36(26-30-45)47-34-9-17-40(51-4)18-10-34/h7-27,29,46-49H,28,30-32H2,1-6H3. The van der Waals surface area contributed by atoms with Crippen LogP contribution in [0.25, 0.3) is 0 Å². The Labute approximate surface area is 324 Å². The Kier molecular flexibility index (Phi) is 12.4. The maximum absolute atomic E-state index is 6.86. The molecule has 2 atom stereocenters. The number of methoxy groups -OCH3 is 4. The highest BCUT2D eigenvalue weighted by Crippen LogP contribution is 2.34. The van der Waals surface area contributed by atoms with E-state index in [2.05, 4.69) is 71.6 Å². The maximum atomic E-state index is 6.86. The number of hydrogen-bond donors (Lipinski definition) is 4. The fraction of sp³-hybridized carbons (Fsp3) is 0.289. The van der Waals surface area contributed by atoms with E-state index in [-0.39, 0.29) is 5.41 Å². The van der Waals surface area contributed by atoms with Gasteiger partial charge in [0.25, 0.3) is 0 Å². The molecule has 6 rings (SSSR count). The lowest BCUT2D eigenvalue weighted by atomic mass is 9.94. The third-order valence-corrected chi connectivity index (χ3v) is 9.40. The van der Waals surface area contributed by atoms with Gasteiger partial charge in [-0.25, -0.2) is 0 Å². The molecule has 2 unspecified atom stereocenters. The molecular weight excluding hydrogens is 693 g/mol. The molecule has 0 saturated heterocycles. The number of benzene rings is 4. The molecule has 55 heavy (non-hydrogen) atoms. The SMILES string of the molecule is COc1ccc(NC2=CCC(Nc3ccc(OC)cc3)(OCC(C)(C)COC3(Nc4ccc(OC)cc4)C=CC(Nc4ccc(OC)cc4)=CC3)C=C2)cc1. The number of nitrogens with one attached hydrogen (secondary N) is 4. The van der Waals surface area contributed by atoms with Crippen molar-refractivity contribution < 1.29 is 28.4 Å². The summed E-state index contributed by atoms with van der Waals surface area (Å²) in [6.07, 6.45) is 13.7. The van der Waals surface area contributed by atoms with Gasteiger partial charge < -0.3 is 49.7 Å². The smallest absolute Gasteiger partial charge is 0.161 e. The predicted octanol–water partition coefficient (Wildman–Crippen LogP) is 9.61. The van der Waals surface area contributed by atoms with Gasteiger partial charge in [-0.1, -0.05) is 26.0 Å². The molecule has 0 spiro atoms. The second-order valence-electron chi connectivity index (χ2n) is 14.3. The Morgan fingerprint density at radius 3 is 1.05 bits per heavy atom. The fourth-order valence-electron chi connectivity index (χ4n) is 6.11. The molecule has 0 fully saturated rings. The summed E-state index contributed by atoms with van der Waals surface area (Å²) in [6, 6.07) is 31.5. The Bertz CT molecular complexity index is 1830. The van der Waals surface area contributed by atoms with Gasteiger partial charge in [0.15, 0.2) is 11.4 Å². The van der Waals surface area contributed by atoms with E-state index in [1.807, 2.05) is 97.1 Å². The van der Waals surface area contributed by atoms with E-state index in [0.29, 0.717) is 26.1 Å². The van der Waals surface area contributed by atoms with Gasteiger partial charge in [0.05, 0.1) is 41.7 Å². The van der Waals surface area contributed by atoms with E-state index in [0.717, 1.165) is 57.1 Å². The normalized spacial score (nSPS) is 19.1. The molecule has 0 bridgehead atoms. The summed E-state index contributed by atoms with van der Waals surface area (Å²) < 4.78 is 35.1. The highest BCUT2D eigenvalue weighted by molar-refractivity contribution is 5.57. The van der Waals surface area contributed by atoms with Crippen LogP contribution in [0.15, 0.2) is 145 Å². The number of allylic oxidation sites excluding steroid dienone is 2. The molecular formula is C45H52N4O6.